The fourth-order valence-corrected chi connectivity index (χ4v) is 3.82. The fourth-order valence-electron chi connectivity index (χ4n) is 3.82. The van der Waals surface area contributed by atoms with Crippen LogP contribution in [0.4, 0.5) is 0 Å². The van der Waals surface area contributed by atoms with Crippen molar-refractivity contribution in [1.29, 1.82) is 0 Å². The molecule has 2 unspecified atom stereocenters. The lowest BCUT2D eigenvalue weighted by molar-refractivity contribution is -0.124. The first-order chi connectivity index (χ1) is 11.7. The highest BCUT2D eigenvalue weighted by molar-refractivity contribution is 5.83. The summed E-state index contributed by atoms with van der Waals surface area (Å²) in [6, 6.07) is 8.71. The van der Waals surface area contributed by atoms with Crippen molar-refractivity contribution in [3.63, 3.8) is 0 Å². The smallest absolute Gasteiger partial charge is 0.224 e. The van der Waals surface area contributed by atoms with Gasteiger partial charge >= 0.3 is 0 Å². The predicted molar refractivity (Wildman–Crippen MR) is 98.5 cm³/mol. The minimum atomic E-state index is -0.486. The number of amides is 1. The molecule has 1 aromatic carbocycles. The normalized spacial score (nSPS) is 20.0. The van der Waals surface area contributed by atoms with Crippen molar-refractivity contribution in [2.75, 3.05) is 0 Å². The average molecular weight is 340 g/mol. The highest BCUT2D eigenvalue weighted by Crippen LogP contribution is 2.48. The third-order valence-electron chi connectivity index (χ3n) is 5.25. The number of nitrogens with one attached hydrogen (secondary N) is 1. The predicted octanol–water partition coefficient (Wildman–Crippen LogP) is 4.57. The zero-order valence-corrected chi connectivity index (χ0v) is 16.0. The molecule has 1 heterocycles. The first-order valence-corrected chi connectivity index (χ1v) is 9.06. The molecule has 1 aliphatic carbocycles. The summed E-state index contributed by atoms with van der Waals surface area (Å²) in [6.45, 7) is 12.2. The van der Waals surface area contributed by atoms with Gasteiger partial charge in [-0.1, -0.05) is 43.3 Å². The molecule has 1 saturated carbocycles. The van der Waals surface area contributed by atoms with Crippen LogP contribution in [0.25, 0.3) is 0 Å². The van der Waals surface area contributed by atoms with Crippen LogP contribution in [-0.2, 0) is 10.3 Å². The summed E-state index contributed by atoms with van der Waals surface area (Å²) in [5.41, 5.74) is 3.92. The van der Waals surface area contributed by atoms with E-state index in [2.05, 4.69) is 48.6 Å². The molecule has 0 aliphatic heterocycles. The van der Waals surface area contributed by atoms with Crippen LogP contribution in [0.15, 0.2) is 28.8 Å². The Hall–Kier alpha value is -2.10. The molecule has 1 N–H and O–H groups in total. The Balaban J connectivity index is 1.67. The maximum absolute atomic E-state index is 12.7. The van der Waals surface area contributed by atoms with Gasteiger partial charge in [0.05, 0.1) is 11.2 Å². The van der Waals surface area contributed by atoms with E-state index in [0.29, 0.717) is 11.8 Å². The third kappa shape index (κ3) is 3.48. The number of nitrogens with zero attached hydrogens (tertiary/aromatic N) is 1. The minimum absolute atomic E-state index is 0.0599. The molecule has 0 radical (unpaired) electrons. The highest BCUT2D eigenvalue weighted by Gasteiger charge is 2.45. The monoisotopic (exact) mass is 340 g/mol. The molecule has 1 aromatic heterocycles. The maximum Gasteiger partial charge on any atom is 0.224 e. The second kappa shape index (κ2) is 6.32. The Morgan fingerprint density at radius 1 is 1.24 bits per heavy atom. The minimum Gasteiger partial charge on any atom is -0.361 e. The Bertz CT molecular complexity index is 752. The Kier molecular flexibility index (Phi) is 4.48. The highest BCUT2D eigenvalue weighted by atomic mass is 16.5. The molecule has 4 heteroatoms. The van der Waals surface area contributed by atoms with Crippen molar-refractivity contribution in [3.8, 4) is 0 Å². The third-order valence-corrected chi connectivity index (χ3v) is 5.25. The molecule has 0 bridgehead atoms. The van der Waals surface area contributed by atoms with E-state index in [-0.39, 0.29) is 11.8 Å². The van der Waals surface area contributed by atoms with Crippen LogP contribution >= 0.6 is 0 Å². The van der Waals surface area contributed by atoms with E-state index in [9.17, 15) is 4.79 Å². The second-order valence-electron chi connectivity index (χ2n) is 8.08. The maximum atomic E-state index is 12.7. The van der Waals surface area contributed by atoms with Crippen LogP contribution in [0, 0.1) is 19.8 Å². The van der Waals surface area contributed by atoms with Gasteiger partial charge in [-0.05, 0) is 57.1 Å². The zero-order chi connectivity index (χ0) is 18.4. The molecule has 25 heavy (non-hydrogen) atoms. The number of rotatable bonds is 5. The van der Waals surface area contributed by atoms with Crippen LogP contribution in [0.5, 0.6) is 0 Å². The average Bonchev–Trinajstić information content (AvgIpc) is 3.26. The Labute approximate surface area is 150 Å². The van der Waals surface area contributed by atoms with Crippen molar-refractivity contribution in [2.45, 2.75) is 65.3 Å². The van der Waals surface area contributed by atoms with E-state index in [4.69, 9.17) is 4.52 Å². The number of aromatic nitrogens is 1. The van der Waals surface area contributed by atoms with E-state index in [1.54, 1.807) is 0 Å². The van der Waals surface area contributed by atoms with Gasteiger partial charge in [-0.3, -0.25) is 4.79 Å². The molecule has 2 atom stereocenters. The molecule has 134 valence electrons. The molecule has 3 rings (SSSR count). The molecule has 1 amide bonds. The van der Waals surface area contributed by atoms with Crippen LogP contribution in [0.1, 0.15) is 74.1 Å². The molecular weight excluding hydrogens is 312 g/mol. The Morgan fingerprint density at radius 2 is 1.88 bits per heavy atom. The first kappa shape index (κ1) is 17.7. The van der Waals surface area contributed by atoms with E-state index in [1.807, 2.05) is 27.7 Å². The van der Waals surface area contributed by atoms with Crippen LogP contribution in [-0.4, -0.2) is 11.1 Å². The summed E-state index contributed by atoms with van der Waals surface area (Å²) in [5.74, 6) is 1.80. The first-order valence-electron chi connectivity index (χ1n) is 9.06. The summed E-state index contributed by atoms with van der Waals surface area (Å²) in [7, 11) is 0. The topological polar surface area (TPSA) is 55.1 Å². The van der Waals surface area contributed by atoms with E-state index in [0.717, 1.165) is 23.4 Å². The van der Waals surface area contributed by atoms with Crippen LogP contribution in [0.2, 0.25) is 0 Å². The van der Waals surface area contributed by atoms with Crippen molar-refractivity contribution >= 4 is 5.91 Å². The number of carbonyl (C=O) groups excluding carboxylic acids is 1. The second-order valence-corrected chi connectivity index (χ2v) is 8.08. The molecule has 0 spiro atoms. The summed E-state index contributed by atoms with van der Waals surface area (Å²) >= 11 is 0. The largest absolute Gasteiger partial charge is 0.361 e. The lowest BCUT2D eigenvalue weighted by atomic mass is 9.92. The van der Waals surface area contributed by atoms with Crippen molar-refractivity contribution in [2.24, 2.45) is 5.92 Å². The van der Waals surface area contributed by atoms with Gasteiger partial charge in [-0.2, -0.15) is 0 Å². The Morgan fingerprint density at radius 3 is 2.40 bits per heavy atom. The summed E-state index contributed by atoms with van der Waals surface area (Å²) in [5, 5.41) is 7.20. The molecular formula is C21H28N2O2. The summed E-state index contributed by atoms with van der Waals surface area (Å²) in [4.78, 5) is 12.7. The zero-order valence-electron chi connectivity index (χ0n) is 16.0. The SMILES string of the molecule is Cc1noc(C)c1C(C)(C)NC(=O)C1CC1c1ccc(C(C)C)cc1. The van der Waals surface area contributed by atoms with Gasteiger partial charge in [-0.15, -0.1) is 0 Å². The molecule has 1 aliphatic rings. The van der Waals surface area contributed by atoms with Crippen molar-refractivity contribution in [3.05, 3.63) is 52.4 Å². The molecule has 4 nitrogen and oxygen atoms in total. The molecule has 0 saturated heterocycles. The van der Waals surface area contributed by atoms with Crippen LogP contribution < -0.4 is 5.32 Å². The molecule has 2 aromatic rings. The summed E-state index contributed by atoms with van der Waals surface area (Å²) < 4.78 is 5.26. The van der Waals surface area contributed by atoms with Gasteiger partial charge in [0.25, 0.3) is 0 Å². The number of aryl methyl sites for hydroxylation is 2. The van der Waals surface area contributed by atoms with Gasteiger partial charge in [0.15, 0.2) is 0 Å². The van der Waals surface area contributed by atoms with Gasteiger partial charge in [-0.25, -0.2) is 0 Å². The number of hydrogen-bond acceptors (Lipinski definition) is 3. The lowest BCUT2D eigenvalue weighted by Gasteiger charge is -2.26. The fraction of sp³-hybridized carbons (Fsp3) is 0.524. The molecule has 1 fully saturated rings. The van der Waals surface area contributed by atoms with Crippen molar-refractivity contribution in [1.82, 2.24) is 10.5 Å². The van der Waals surface area contributed by atoms with E-state index in [1.165, 1.54) is 11.1 Å². The van der Waals surface area contributed by atoms with E-state index < -0.39 is 5.54 Å². The van der Waals surface area contributed by atoms with Gasteiger partial charge < -0.3 is 9.84 Å². The van der Waals surface area contributed by atoms with E-state index >= 15 is 0 Å². The number of carbonyl (C=O) groups is 1. The van der Waals surface area contributed by atoms with Gasteiger partial charge in [0.1, 0.15) is 5.76 Å². The van der Waals surface area contributed by atoms with Crippen LogP contribution in [0.3, 0.4) is 0 Å². The standard InChI is InChI=1S/C21H28N2O2/c1-12(2)15-7-9-16(10-8-15)17-11-18(17)20(24)22-21(5,6)19-13(3)23-25-14(19)4/h7-10,12,17-18H,11H2,1-6H3,(H,22,24). The van der Waals surface area contributed by atoms with Gasteiger partial charge in [0.2, 0.25) is 5.91 Å². The quantitative estimate of drug-likeness (QED) is 0.867. The number of benzene rings is 1. The summed E-state index contributed by atoms with van der Waals surface area (Å²) in [6.07, 6.45) is 0.921. The number of hydrogen-bond donors (Lipinski definition) is 1. The van der Waals surface area contributed by atoms with Gasteiger partial charge in [0, 0.05) is 11.5 Å². The lowest BCUT2D eigenvalue weighted by Crippen LogP contribution is -2.42. The van der Waals surface area contributed by atoms with Crippen molar-refractivity contribution < 1.29 is 9.32 Å².